The molecule has 5 nitrogen and oxygen atoms in total. The van der Waals surface area contributed by atoms with E-state index in [0.717, 1.165) is 27.5 Å². The van der Waals surface area contributed by atoms with Crippen LogP contribution in [0.3, 0.4) is 0 Å². The number of nitrogens with zero attached hydrogens (tertiary/aromatic N) is 2. The van der Waals surface area contributed by atoms with Crippen LogP contribution >= 0.6 is 22.9 Å². The molecular formula is C24H20ClN3O2S. The third-order valence-corrected chi connectivity index (χ3v) is 5.59. The topological polar surface area (TPSA) is 55.7 Å². The monoisotopic (exact) mass is 449 g/mol. The first kappa shape index (κ1) is 20.9. The van der Waals surface area contributed by atoms with Gasteiger partial charge in [-0.15, -0.1) is 11.3 Å². The Bertz CT molecular complexity index is 1180. The Morgan fingerprint density at radius 1 is 1.03 bits per heavy atom. The van der Waals surface area contributed by atoms with Gasteiger partial charge in [-0.2, -0.15) is 5.10 Å². The highest BCUT2D eigenvalue weighted by molar-refractivity contribution is 7.14. The summed E-state index contributed by atoms with van der Waals surface area (Å²) in [5.74, 6) is 1.26. The molecule has 0 unspecified atom stereocenters. The number of hydrogen-bond acceptors (Lipinski definition) is 6. The Morgan fingerprint density at radius 3 is 2.65 bits per heavy atom. The third kappa shape index (κ3) is 5.42. The molecule has 0 spiro atoms. The normalized spacial score (nSPS) is 10.9. The molecule has 0 aliphatic carbocycles. The maximum Gasteiger partial charge on any atom is 0.203 e. The average Bonchev–Trinajstić information content (AvgIpc) is 3.28. The van der Waals surface area contributed by atoms with Crippen molar-refractivity contribution in [3.8, 4) is 22.8 Å². The maximum atomic E-state index is 6.19. The highest BCUT2D eigenvalue weighted by Crippen LogP contribution is 2.29. The number of thiazole rings is 1. The lowest BCUT2D eigenvalue weighted by Gasteiger charge is -2.12. The standard InChI is InChI=1S/C24H20ClN3O2S/c1-29-23-13-17(11-12-22(23)30-15-19-9-5-6-10-20(19)25)14-26-28-24-27-21(16-31-24)18-7-3-2-4-8-18/h2-14,16H,15H2,1H3,(H,27,28)/b26-14-. The van der Waals surface area contributed by atoms with Crippen molar-refractivity contribution in [1.29, 1.82) is 0 Å². The lowest BCUT2D eigenvalue weighted by Crippen LogP contribution is -1.99. The maximum absolute atomic E-state index is 6.19. The molecule has 1 heterocycles. The molecule has 0 aliphatic rings. The van der Waals surface area contributed by atoms with Crippen LogP contribution in [-0.2, 0) is 6.61 Å². The van der Waals surface area contributed by atoms with Gasteiger partial charge in [0.1, 0.15) is 6.61 Å². The zero-order valence-corrected chi connectivity index (χ0v) is 18.4. The van der Waals surface area contributed by atoms with Gasteiger partial charge in [0.05, 0.1) is 19.0 Å². The molecule has 0 bridgehead atoms. The van der Waals surface area contributed by atoms with E-state index in [1.54, 1.807) is 13.3 Å². The molecule has 31 heavy (non-hydrogen) atoms. The average molecular weight is 450 g/mol. The van der Waals surface area contributed by atoms with E-state index in [4.69, 9.17) is 21.1 Å². The molecule has 4 aromatic rings. The number of ether oxygens (including phenoxy) is 2. The molecule has 3 aromatic carbocycles. The Morgan fingerprint density at radius 2 is 1.84 bits per heavy atom. The van der Waals surface area contributed by atoms with Gasteiger partial charge in [0, 0.05) is 21.5 Å². The number of hydrogen-bond donors (Lipinski definition) is 1. The van der Waals surface area contributed by atoms with E-state index in [-0.39, 0.29) is 0 Å². The van der Waals surface area contributed by atoms with Crippen LogP contribution in [0.4, 0.5) is 5.13 Å². The Balaban J connectivity index is 1.39. The van der Waals surface area contributed by atoms with Crippen molar-refractivity contribution in [2.24, 2.45) is 5.10 Å². The van der Waals surface area contributed by atoms with Crippen LogP contribution < -0.4 is 14.9 Å². The molecule has 156 valence electrons. The Hall–Kier alpha value is -3.35. The molecule has 1 aromatic heterocycles. The van der Waals surface area contributed by atoms with Crippen LogP contribution in [0.5, 0.6) is 11.5 Å². The van der Waals surface area contributed by atoms with Crippen LogP contribution in [0.15, 0.2) is 83.3 Å². The molecule has 0 atom stereocenters. The minimum atomic E-state index is 0.360. The van der Waals surface area contributed by atoms with Gasteiger partial charge >= 0.3 is 0 Å². The summed E-state index contributed by atoms with van der Waals surface area (Å²) in [7, 11) is 1.61. The summed E-state index contributed by atoms with van der Waals surface area (Å²) in [6.07, 6.45) is 1.71. The first-order chi connectivity index (χ1) is 15.2. The van der Waals surface area contributed by atoms with Crippen molar-refractivity contribution in [3.05, 3.63) is 94.3 Å². The van der Waals surface area contributed by atoms with E-state index in [0.29, 0.717) is 23.1 Å². The Kier molecular flexibility index (Phi) is 6.82. The summed E-state index contributed by atoms with van der Waals surface area (Å²) in [6.45, 7) is 0.360. The fourth-order valence-corrected chi connectivity index (χ4v) is 3.74. The van der Waals surface area contributed by atoms with Crippen molar-refractivity contribution >= 4 is 34.3 Å². The minimum absolute atomic E-state index is 0.360. The molecule has 1 N–H and O–H groups in total. The van der Waals surface area contributed by atoms with E-state index >= 15 is 0 Å². The number of anilines is 1. The minimum Gasteiger partial charge on any atom is -0.493 e. The van der Waals surface area contributed by atoms with Crippen molar-refractivity contribution < 1.29 is 9.47 Å². The number of aromatic nitrogens is 1. The summed E-state index contributed by atoms with van der Waals surface area (Å²) >= 11 is 7.70. The van der Waals surface area contributed by atoms with E-state index in [9.17, 15) is 0 Å². The van der Waals surface area contributed by atoms with E-state index < -0.39 is 0 Å². The van der Waals surface area contributed by atoms with Gasteiger partial charge in [-0.25, -0.2) is 4.98 Å². The molecule has 4 rings (SSSR count). The molecule has 0 fully saturated rings. The number of halogens is 1. The van der Waals surface area contributed by atoms with Gasteiger partial charge in [0.25, 0.3) is 0 Å². The SMILES string of the molecule is COc1cc(/C=N\Nc2nc(-c3ccccc3)cs2)ccc1OCc1ccccc1Cl. The quantitative estimate of drug-likeness (QED) is 0.246. The third-order valence-electron chi connectivity index (χ3n) is 4.48. The smallest absolute Gasteiger partial charge is 0.203 e. The lowest BCUT2D eigenvalue weighted by atomic mass is 10.2. The van der Waals surface area contributed by atoms with E-state index in [2.05, 4.69) is 15.5 Å². The number of nitrogens with one attached hydrogen (secondary N) is 1. The number of hydrazone groups is 1. The predicted octanol–water partition coefficient (Wildman–Crippen LogP) is 6.50. The second kappa shape index (κ2) is 10.1. The zero-order valence-electron chi connectivity index (χ0n) is 16.8. The van der Waals surface area contributed by atoms with Gasteiger partial charge in [-0.05, 0) is 29.8 Å². The van der Waals surface area contributed by atoms with Crippen LogP contribution in [0, 0.1) is 0 Å². The van der Waals surface area contributed by atoms with Crippen molar-refractivity contribution in [1.82, 2.24) is 4.98 Å². The summed E-state index contributed by atoms with van der Waals surface area (Å²) in [6, 6.07) is 23.3. The highest BCUT2D eigenvalue weighted by atomic mass is 35.5. The van der Waals surface area contributed by atoms with Crippen molar-refractivity contribution in [2.45, 2.75) is 6.61 Å². The van der Waals surface area contributed by atoms with Crippen LogP contribution in [0.1, 0.15) is 11.1 Å². The molecule has 0 saturated heterocycles. The van der Waals surface area contributed by atoms with Gasteiger partial charge in [0.15, 0.2) is 11.5 Å². The summed E-state index contributed by atoms with van der Waals surface area (Å²) < 4.78 is 11.4. The first-order valence-electron chi connectivity index (χ1n) is 9.57. The number of benzene rings is 3. The molecule has 0 radical (unpaired) electrons. The van der Waals surface area contributed by atoms with Gasteiger partial charge in [0.2, 0.25) is 5.13 Å². The second-order valence-corrected chi connectivity index (χ2v) is 7.83. The number of methoxy groups -OCH3 is 1. The first-order valence-corrected chi connectivity index (χ1v) is 10.8. The fraction of sp³-hybridized carbons (Fsp3) is 0.0833. The number of rotatable bonds is 8. The van der Waals surface area contributed by atoms with Gasteiger partial charge in [-0.1, -0.05) is 60.1 Å². The van der Waals surface area contributed by atoms with Crippen LogP contribution in [0.2, 0.25) is 5.02 Å². The van der Waals surface area contributed by atoms with Gasteiger partial charge in [-0.3, -0.25) is 5.43 Å². The summed E-state index contributed by atoms with van der Waals surface area (Å²) in [4.78, 5) is 4.56. The molecule has 7 heteroatoms. The zero-order chi connectivity index (χ0) is 21.5. The summed E-state index contributed by atoms with van der Waals surface area (Å²) in [5.41, 5.74) is 6.76. The lowest BCUT2D eigenvalue weighted by molar-refractivity contribution is 0.284. The molecule has 0 aliphatic heterocycles. The van der Waals surface area contributed by atoms with Crippen molar-refractivity contribution in [2.75, 3.05) is 12.5 Å². The molecular weight excluding hydrogens is 430 g/mol. The van der Waals surface area contributed by atoms with E-state index in [1.807, 2.05) is 78.2 Å². The largest absolute Gasteiger partial charge is 0.493 e. The van der Waals surface area contributed by atoms with Crippen LogP contribution in [0.25, 0.3) is 11.3 Å². The second-order valence-electron chi connectivity index (χ2n) is 6.56. The fourth-order valence-electron chi connectivity index (χ4n) is 2.88. The van der Waals surface area contributed by atoms with E-state index in [1.165, 1.54) is 11.3 Å². The Labute approximate surface area is 190 Å². The van der Waals surface area contributed by atoms with Crippen LogP contribution in [-0.4, -0.2) is 18.3 Å². The van der Waals surface area contributed by atoms with Crippen molar-refractivity contribution in [3.63, 3.8) is 0 Å². The molecule has 0 saturated carbocycles. The summed E-state index contributed by atoms with van der Waals surface area (Å²) in [5, 5.41) is 7.69. The highest BCUT2D eigenvalue weighted by Gasteiger charge is 2.07. The predicted molar refractivity (Wildman–Crippen MR) is 128 cm³/mol. The molecule has 0 amide bonds. The van der Waals surface area contributed by atoms with Gasteiger partial charge < -0.3 is 9.47 Å².